The van der Waals surface area contributed by atoms with Gasteiger partial charge in [-0.15, -0.1) is 0 Å². The first-order chi connectivity index (χ1) is 15.4. The normalized spacial score (nSPS) is 18.4. The Balaban J connectivity index is 1.73. The van der Waals surface area contributed by atoms with Crippen LogP contribution in [0.3, 0.4) is 0 Å². The molecule has 0 amide bonds. The average molecular weight is 512 g/mol. The van der Waals surface area contributed by atoms with Crippen LogP contribution in [0.2, 0.25) is 16.7 Å². The average Bonchev–Trinajstić information content (AvgIpc) is 3.26. The molecule has 2 heteroatoms. The molecular formula is C30H32SiZr. The molecule has 1 atom stereocenters. The zero-order chi connectivity index (χ0) is 22.6. The van der Waals surface area contributed by atoms with E-state index in [1.54, 1.807) is 27.9 Å². The summed E-state index contributed by atoms with van der Waals surface area (Å²) in [7, 11) is 0. The third-order valence-corrected chi connectivity index (χ3v) is 27.5. The van der Waals surface area contributed by atoms with Crippen molar-refractivity contribution in [3.8, 4) is 0 Å². The number of hydrogen-bond donors (Lipinski definition) is 0. The third-order valence-electron chi connectivity index (χ3n) is 7.83. The van der Waals surface area contributed by atoms with Crippen LogP contribution in [0.5, 0.6) is 0 Å². The van der Waals surface area contributed by atoms with Gasteiger partial charge in [0.1, 0.15) is 0 Å². The standard InChI is InChI=1S/C19H13.C9H13.C2H6Si.Zr/c1-3-9-16-14(6-1)8-5-11-18(16)19-13-12-15-7-2-4-10-17(15)19;1-6-5-7(2)9(4)8(6)3;1-3-2;/h1-13H;5H,1-4H3;1-2H3;. The molecule has 0 spiro atoms. The molecule has 0 aromatic heterocycles. The van der Waals surface area contributed by atoms with E-state index in [0.29, 0.717) is 3.63 Å². The molecule has 32 heavy (non-hydrogen) atoms. The Morgan fingerprint density at radius 1 is 0.688 bits per heavy atom. The van der Waals surface area contributed by atoms with Gasteiger partial charge in [0.05, 0.1) is 0 Å². The Hall–Kier alpha value is -1.76. The molecule has 0 bridgehead atoms. The fourth-order valence-corrected chi connectivity index (χ4v) is 26.5. The SMILES string of the molecule is CC1=C(C)[CH]([Zr]([CH]2C=C(c3cccc4ccccc34)c3ccccc32)=[Si](C)C)C(C)=C1C. The van der Waals surface area contributed by atoms with Crippen molar-refractivity contribution in [3.05, 3.63) is 112 Å². The molecule has 160 valence electrons. The van der Waals surface area contributed by atoms with Crippen molar-refractivity contribution in [2.45, 2.75) is 48.0 Å². The first kappa shape index (κ1) is 22.1. The van der Waals surface area contributed by atoms with Gasteiger partial charge in [-0.1, -0.05) is 0 Å². The van der Waals surface area contributed by atoms with Crippen molar-refractivity contribution >= 4 is 21.8 Å². The molecule has 5 rings (SSSR count). The monoisotopic (exact) mass is 510 g/mol. The Bertz CT molecular complexity index is 1350. The van der Waals surface area contributed by atoms with Crippen LogP contribution in [0.1, 0.15) is 48.0 Å². The molecule has 3 aromatic rings. The van der Waals surface area contributed by atoms with Gasteiger partial charge in [-0.2, -0.15) is 0 Å². The van der Waals surface area contributed by atoms with E-state index in [-0.39, 0.29) is 5.43 Å². The van der Waals surface area contributed by atoms with E-state index < -0.39 is 20.4 Å². The van der Waals surface area contributed by atoms with Gasteiger partial charge in [0.2, 0.25) is 0 Å². The van der Waals surface area contributed by atoms with Crippen LogP contribution >= 0.6 is 0 Å². The van der Waals surface area contributed by atoms with Crippen LogP contribution in [0, 0.1) is 0 Å². The van der Waals surface area contributed by atoms with Crippen LogP contribution < -0.4 is 0 Å². The molecule has 2 aliphatic rings. The van der Waals surface area contributed by atoms with Crippen molar-refractivity contribution < 1.29 is 20.4 Å². The number of allylic oxidation sites excluding steroid dienone is 5. The first-order valence-corrected chi connectivity index (χ1v) is 20.7. The summed E-state index contributed by atoms with van der Waals surface area (Å²) < 4.78 is 1.43. The summed E-state index contributed by atoms with van der Waals surface area (Å²) in [5.41, 5.74) is 12.1. The maximum atomic E-state index is 2.71. The van der Waals surface area contributed by atoms with Crippen molar-refractivity contribution in [2.75, 3.05) is 0 Å². The van der Waals surface area contributed by atoms with E-state index in [1.807, 2.05) is 0 Å². The van der Waals surface area contributed by atoms with Gasteiger partial charge in [-0.25, -0.2) is 0 Å². The molecule has 0 saturated heterocycles. The quantitative estimate of drug-likeness (QED) is 0.309. The zero-order valence-electron chi connectivity index (χ0n) is 20.1. The van der Waals surface area contributed by atoms with E-state index >= 15 is 0 Å². The molecule has 0 N–H and O–H groups in total. The van der Waals surface area contributed by atoms with Gasteiger partial charge in [-0.05, 0) is 0 Å². The van der Waals surface area contributed by atoms with Crippen LogP contribution in [0.15, 0.2) is 95.1 Å². The van der Waals surface area contributed by atoms with Gasteiger partial charge in [0, 0.05) is 0 Å². The summed E-state index contributed by atoms with van der Waals surface area (Å²) in [4.78, 5) is 0. The van der Waals surface area contributed by atoms with E-state index in [1.165, 1.54) is 27.5 Å². The second-order valence-electron chi connectivity index (χ2n) is 9.68. The van der Waals surface area contributed by atoms with Crippen LogP contribution in [0.4, 0.5) is 0 Å². The minimum absolute atomic E-state index is 0.355. The Morgan fingerprint density at radius 3 is 2.00 bits per heavy atom. The second-order valence-corrected chi connectivity index (χ2v) is 27.7. The van der Waals surface area contributed by atoms with E-state index in [4.69, 9.17) is 0 Å². The number of rotatable bonds is 3. The Kier molecular flexibility index (Phi) is 5.89. The number of hydrogen-bond acceptors (Lipinski definition) is 0. The molecule has 3 aromatic carbocycles. The van der Waals surface area contributed by atoms with Gasteiger partial charge in [-0.3, -0.25) is 0 Å². The fourth-order valence-electron chi connectivity index (χ4n) is 5.91. The molecule has 2 aliphatic carbocycles. The zero-order valence-corrected chi connectivity index (χ0v) is 23.5. The molecule has 0 heterocycles. The van der Waals surface area contributed by atoms with Gasteiger partial charge in [0.15, 0.2) is 0 Å². The summed E-state index contributed by atoms with van der Waals surface area (Å²) in [6.45, 7) is 14.8. The summed E-state index contributed by atoms with van der Waals surface area (Å²) in [5, 5.41) is 2.71. The minimum atomic E-state index is -1.91. The van der Waals surface area contributed by atoms with E-state index in [9.17, 15) is 0 Å². The maximum absolute atomic E-state index is 2.71. The van der Waals surface area contributed by atoms with Crippen molar-refractivity contribution in [2.24, 2.45) is 0 Å². The topological polar surface area (TPSA) is 0 Å². The summed E-state index contributed by atoms with van der Waals surface area (Å²) in [6, 6.07) is 25.0. The first-order valence-electron chi connectivity index (χ1n) is 11.7. The summed E-state index contributed by atoms with van der Waals surface area (Å²) >= 11 is -1.91. The van der Waals surface area contributed by atoms with Gasteiger partial charge in [0.25, 0.3) is 0 Å². The molecular weight excluding hydrogens is 480 g/mol. The fraction of sp³-hybridized carbons (Fsp3) is 0.267. The van der Waals surface area contributed by atoms with Crippen molar-refractivity contribution in [1.82, 2.24) is 0 Å². The predicted octanol–water partition coefficient (Wildman–Crippen LogP) is 8.67. The summed E-state index contributed by atoms with van der Waals surface area (Å²) in [6.07, 6.45) is 2.71. The van der Waals surface area contributed by atoms with Gasteiger partial charge < -0.3 is 0 Å². The molecule has 0 saturated carbocycles. The predicted molar refractivity (Wildman–Crippen MR) is 138 cm³/mol. The Morgan fingerprint density at radius 2 is 1.28 bits per heavy atom. The summed E-state index contributed by atoms with van der Waals surface area (Å²) in [5.74, 6) is 0. The van der Waals surface area contributed by atoms with Crippen LogP contribution in [0.25, 0.3) is 16.3 Å². The third kappa shape index (κ3) is 3.42. The van der Waals surface area contributed by atoms with Crippen LogP contribution in [-0.4, -0.2) is 5.43 Å². The molecule has 0 nitrogen and oxygen atoms in total. The van der Waals surface area contributed by atoms with E-state index in [0.717, 1.165) is 3.63 Å². The molecule has 0 aliphatic heterocycles. The van der Waals surface area contributed by atoms with Crippen LogP contribution in [-0.2, 0) is 20.4 Å². The molecule has 1 unspecified atom stereocenters. The van der Waals surface area contributed by atoms with E-state index in [2.05, 4.69) is 114 Å². The van der Waals surface area contributed by atoms with Crippen molar-refractivity contribution in [3.63, 3.8) is 0 Å². The molecule has 0 radical (unpaired) electrons. The Labute approximate surface area is 201 Å². The second kappa shape index (κ2) is 8.54. The van der Waals surface area contributed by atoms with Gasteiger partial charge >= 0.3 is 202 Å². The number of fused-ring (bicyclic) bond motifs is 2. The number of benzene rings is 3. The van der Waals surface area contributed by atoms with Crippen molar-refractivity contribution in [1.29, 1.82) is 0 Å². The molecule has 0 fully saturated rings.